The second-order valence-electron chi connectivity index (χ2n) is 8.11. The van der Waals surface area contributed by atoms with E-state index in [0.29, 0.717) is 28.7 Å². The summed E-state index contributed by atoms with van der Waals surface area (Å²) in [4.78, 5) is 11.7. The van der Waals surface area contributed by atoms with Gasteiger partial charge in [0.25, 0.3) is 0 Å². The Hall–Kier alpha value is -2.43. The fourth-order valence-corrected chi connectivity index (χ4v) is 4.23. The number of nitrogens with one attached hydrogen (secondary N) is 1. The standard InChI is InChI=1S/C26H30Cl2N2O2/c1-2-3-4-5-6-13-30-18-20(15-25(30)26(31)32)14-19-7-11-23(12-8-19)29-17-21-9-10-22(27)16-24(21)28/h7-12,15-16,18,29H,2-6,13-14,17H2,1H3,(H,31,32). The molecule has 32 heavy (non-hydrogen) atoms. The van der Waals surface area contributed by atoms with E-state index in [4.69, 9.17) is 23.2 Å². The zero-order valence-electron chi connectivity index (χ0n) is 18.4. The van der Waals surface area contributed by atoms with E-state index < -0.39 is 5.97 Å². The quantitative estimate of drug-likeness (QED) is 0.266. The van der Waals surface area contributed by atoms with Crippen LogP contribution >= 0.6 is 23.2 Å². The van der Waals surface area contributed by atoms with Gasteiger partial charge in [-0.3, -0.25) is 0 Å². The summed E-state index contributed by atoms with van der Waals surface area (Å²) in [7, 11) is 0. The van der Waals surface area contributed by atoms with Gasteiger partial charge in [0.2, 0.25) is 0 Å². The molecule has 0 atom stereocenters. The Morgan fingerprint density at radius 3 is 2.41 bits per heavy atom. The van der Waals surface area contributed by atoms with Crippen molar-refractivity contribution in [2.45, 2.75) is 58.5 Å². The number of unbranched alkanes of at least 4 members (excludes halogenated alkanes) is 4. The van der Waals surface area contributed by atoms with Crippen LogP contribution in [0.1, 0.15) is 66.2 Å². The zero-order chi connectivity index (χ0) is 22.9. The average Bonchev–Trinajstić information content (AvgIpc) is 3.17. The molecule has 4 nitrogen and oxygen atoms in total. The van der Waals surface area contributed by atoms with Crippen molar-refractivity contribution < 1.29 is 9.90 Å². The van der Waals surface area contributed by atoms with Crippen LogP contribution in [0.4, 0.5) is 5.69 Å². The normalized spacial score (nSPS) is 11.0. The molecule has 3 aromatic rings. The van der Waals surface area contributed by atoms with Crippen molar-refractivity contribution in [2.24, 2.45) is 0 Å². The molecule has 0 aliphatic carbocycles. The van der Waals surface area contributed by atoms with E-state index in [-0.39, 0.29) is 0 Å². The van der Waals surface area contributed by atoms with E-state index in [0.717, 1.165) is 41.8 Å². The molecule has 2 aromatic carbocycles. The van der Waals surface area contributed by atoms with Crippen molar-refractivity contribution in [1.29, 1.82) is 0 Å². The molecule has 0 unspecified atom stereocenters. The Morgan fingerprint density at radius 2 is 1.72 bits per heavy atom. The Morgan fingerprint density at radius 1 is 0.969 bits per heavy atom. The average molecular weight is 473 g/mol. The molecule has 0 fully saturated rings. The van der Waals surface area contributed by atoms with Crippen LogP contribution in [0.3, 0.4) is 0 Å². The maximum atomic E-state index is 11.7. The number of halogens is 2. The molecule has 2 N–H and O–H groups in total. The highest BCUT2D eigenvalue weighted by atomic mass is 35.5. The van der Waals surface area contributed by atoms with E-state index in [2.05, 4.69) is 24.4 Å². The summed E-state index contributed by atoms with van der Waals surface area (Å²) in [6.45, 7) is 3.55. The second-order valence-corrected chi connectivity index (χ2v) is 8.95. The lowest BCUT2D eigenvalue weighted by Gasteiger charge is -2.09. The number of hydrogen-bond acceptors (Lipinski definition) is 2. The lowest BCUT2D eigenvalue weighted by atomic mass is 10.1. The zero-order valence-corrected chi connectivity index (χ0v) is 19.9. The number of carbonyl (C=O) groups is 1. The van der Waals surface area contributed by atoms with Crippen LogP contribution in [-0.2, 0) is 19.5 Å². The molecular weight excluding hydrogens is 443 g/mol. The summed E-state index contributed by atoms with van der Waals surface area (Å²) >= 11 is 12.2. The number of anilines is 1. The molecule has 0 saturated heterocycles. The molecule has 0 spiro atoms. The third-order valence-corrected chi connectivity index (χ3v) is 6.12. The fourth-order valence-electron chi connectivity index (χ4n) is 3.76. The molecule has 3 rings (SSSR count). The van der Waals surface area contributed by atoms with Gasteiger partial charge in [0.1, 0.15) is 5.69 Å². The minimum absolute atomic E-state index is 0.369. The maximum absolute atomic E-state index is 11.7. The summed E-state index contributed by atoms with van der Waals surface area (Å²) in [6.07, 6.45) is 8.47. The van der Waals surface area contributed by atoms with Crippen LogP contribution in [0.5, 0.6) is 0 Å². The van der Waals surface area contributed by atoms with Crippen LogP contribution in [-0.4, -0.2) is 15.6 Å². The van der Waals surface area contributed by atoms with Crippen molar-refractivity contribution in [3.05, 3.63) is 87.2 Å². The van der Waals surface area contributed by atoms with Gasteiger partial charge in [-0.05, 0) is 59.9 Å². The third kappa shape index (κ3) is 7.04. The minimum atomic E-state index is -0.870. The predicted molar refractivity (Wildman–Crippen MR) is 133 cm³/mol. The number of aryl methyl sites for hydroxylation is 1. The first-order chi connectivity index (χ1) is 15.5. The number of aromatic nitrogens is 1. The third-order valence-electron chi connectivity index (χ3n) is 5.54. The lowest BCUT2D eigenvalue weighted by molar-refractivity contribution is 0.0685. The van der Waals surface area contributed by atoms with E-state index in [1.54, 1.807) is 12.1 Å². The first-order valence-electron chi connectivity index (χ1n) is 11.2. The summed E-state index contributed by atoms with van der Waals surface area (Å²) in [5.74, 6) is -0.870. The molecule has 0 amide bonds. The van der Waals surface area contributed by atoms with Gasteiger partial charge in [0.05, 0.1) is 0 Å². The summed E-state index contributed by atoms with van der Waals surface area (Å²) in [5, 5.41) is 14.2. The van der Waals surface area contributed by atoms with Gasteiger partial charge in [-0.2, -0.15) is 0 Å². The van der Waals surface area contributed by atoms with Crippen LogP contribution in [0.15, 0.2) is 54.7 Å². The molecule has 0 bridgehead atoms. The van der Waals surface area contributed by atoms with Crippen LogP contribution in [0, 0.1) is 0 Å². The number of benzene rings is 2. The van der Waals surface area contributed by atoms with Gasteiger partial charge in [0.15, 0.2) is 0 Å². The van der Waals surface area contributed by atoms with Gasteiger partial charge in [-0.25, -0.2) is 4.79 Å². The Kier molecular flexibility index (Phi) is 9.07. The van der Waals surface area contributed by atoms with Gasteiger partial charge in [0, 0.05) is 35.0 Å². The summed E-state index contributed by atoms with van der Waals surface area (Å²) in [6, 6.07) is 15.5. The molecule has 0 radical (unpaired) electrons. The molecule has 0 aliphatic rings. The molecule has 0 aliphatic heterocycles. The second kappa shape index (κ2) is 12.0. The van der Waals surface area contributed by atoms with Crippen molar-refractivity contribution in [1.82, 2.24) is 4.57 Å². The Bertz CT molecular complexity index is 1030. The molecule has 6 heteroatoms. The monoisotopic (exact) mass is 472 g/mol. The van der Waals surface area contributed by atoms with E-state index in [9.17, 15) is 9.90 Å². The van der Waals surface area contributed by atoms with Gasteiger partial charge in [-0.1, -0.05) is 74.0 Å². The number of hydrogen-bond donors (Lipinski definition) is 2. The van der Waals surface area contributed by atoms with E-state index in [1.807, 2.05) is 35.0 Å². The first kappa shape index (κ1) is 24.2. The molecule has 0 saturated carbocycles. The largest absolute Gasteiger partial charge is 0.477 e. The van der Waals surface area contributed by atoms with Crippen molar-refractivity contribution >= 4 is 34.9 Å². The van der Waals surface area contributed by atoms with Crippen molar-refractivity contribution in [3.8, 4) is 0 Å². The fraction of sp³-hybridized carbons (Fsp3) is 0.346. The van der Waals surface area contributed by atoms with Crippen molar-refractivity contribution in [3.63, 3.8) is 0 Å². The predicted octanol–water partition coefficient (Wildman–Crippen LogP) is 7.67. The van der Waals surface area contributed by atoms with Gasteiger partial charge >= 0.3 is 5.97 Å². The topological polar surface area (TPSA) is 54.3 Å². The van der Waals surface area contributed by atoms with Crippen molar-refractivity contribution in [2.75, 3.05) is 5.32 Å². The van der Waals surface area contributed by atoms with Crippen LogP contribution in [0.2, 0.25) is 10.0 Å². The summed E-state index contributed by atoms with van der Waals surface area (Å²) in [5.41, 5.74) is 4.50. The number of carboxylic acids is 1. The van der Waals surface area contributed by atoms with Gasteiger partial charge < -0.3 is 15.0 Å². The number of carboxylic acid groups (broad SMARTS) is 1. The molecule has 1 heterocycles. The highest BCUT2D eigenvalue weighted by Gasteiger charge is 2.13. The van der Waals surface area contributed by atoms with Gasteiger partial charge in [-0.15, -0.1) is 0 Å². The lowest BCUT2D eigenvalue weighted by Crippen LogP contribution is -2.07. The molecule has 170 valence electrons. The van der Waals surface area contributed by atoms with E-state index >= 15 is 0 Å². The highest BCUT2D eigenvalue weighted by molar-refractivity contribution is 6.35. The minimum Gasteiger partial charge on any atom is -0.477 e. The van der Waals surface area contributed by atoms with E-state index in [1.165, 1.54) is 19.3 Å². The van der Waals surface area contributed by atoms with Crippen LogP contribution < -0.4 is 5.32 Å². The van der Waals surface area contributed by atoms with Crippen LogP contribution in [0.25, 0.3) is 0 Å². The Labute approximate surface area is 200 Å². The molecular formula is C26H30Cl2N2O2. The summed E-state index contributed by atoms with van der Waals surface area (Å²) < 4.78 is 1.88. The number of rotatable bonds is 12. The SMILES string of the molecule is CCCCCCCn1cc(Cc2ccc(NCc3ccc(Cl)cc3Cl)cc2)cc1C(=O)O. The highest BCUT2D eigenvalue weighted by Crippen LogP contribution is 2.23. The number of nitrogens with zero attached hydrogens (tertiary/aromatic N) is 1. The smallest absolute Gasteiger partial charge is 0.352 e. The first-order valence-corrected chi connectivity index (χ1v) is 11.9. The number of aromatic carboxylic acids is 1. The maximum Gasteiger partial charge on any atom is 0.352 e. The molecule has 1 aromatic heterocycles. The Balaban J connectivity index is 1.58.